The normalized spacial score (nSPS) is 16.8. The van der Waals surface area contributed by atoms with Crippen molar-refractivity contribution in [2.75, 3.05) is 32.7 Å². The molecule has 0 aromatic rings. The van der Waals surface area contributed by atoms with E-state index in [0.29, 0.717) is 38.4 Å². The molecule has 0 radical (unpaired) electrons. The zero-order valence-electron chi connectivity index (χ0n) is 16.9. The second kappa shape index (κ2) is 15.5. The van der Waals surface area contributed by atoms with E-state index in [1.54, 1.807) is 0 Å². The molecule has 0 spiro atoms. The number of nitrogens with two attached hydrogens (primary N) is 1. The predicted molar refractivity (Wildman–Crippen MR) is 101 cm³/mol. The van der Waals surface area contributed by atoms with Gasteiger partial charge in [-0.25, -0.2) is 0 Å². The molecule has 1 rings (SSSR count). The quantitative estimate of drug-likeness (QED) is 0.332. The van der Waals surface area contributed by atoms with Crippen LogP contribution in [0.2, 0.25) is 0 Å². The van der Waals surface area contributed by atoms with Crippen LogP contribution in [0.25, 0.3) is 5.73 Å². The maximum Gasteiger partial charge on any atom is 1.00 e. The molecular formula is C18H36N5O2Rb. The number of carbonyl (C=O) groups excluding carboxylic acids is 2. The molecule has 1 fully saturated rings. The van der Waals surface area contributed by atoms with Crippen molar-refractivity contribution in [2.24, 2.45) is 11.7 Å². The summed E-state index contributed by atoms with van der Waals surface area (Å²) in [6.07, 6.45) is 5.02. The number of nitrogens with zero attached hydrogens (tertiary/aromatic N) is 1. The Morgan fingerprint density at radius 3 is 2.31 bits per heavy atom. The number of hydrogen-bond acceptors (Lipinski definition) is 4. The first-order valence-electron chi connectivity index (χ1n) is 9.62. The van der Waals surface area contributed by atoms with Gasteiger partial charge >= 0.3 is 58.2 Å². The summed E-state index contributed by atoms with van der Waals surface area (Å²) in [6, 6.07) is -0.482. The van der Waals surface area contributed by atoms with Crippen LogP contribution in [0, 0.1) is 5.92 Å². The monoisotopic (exact) mass is 439 g/mol. The number of likely N-dealkylation sites (tertiary alicyclic amines) is 1. The second-order valence-corrected chi connectivity index (χ2v) is 7.48. The molecule has 0 aliphatic carbocycles. The van der Waals surface area contributed by atoms with E-state index in [9.17, 15) is 9.59 Å². The first-order chi connectivity index (χ1) is 11.9. The van der Waals surface area contributed by atoms with Gasteiger partial charge in [-0.05, 0) is 44.7 Å². The van der Waals surface area contributed by atoms with Crippen molar-refractivity contribution >= 4 is 11.8 Å². The number of piperidine rings is 1. The van der Waals surface area contributed by atoms with Gasteiger partial charge in [0.1, 0.15) is 0 Å². The van der Waals surface area contributed by atoms with Gasteiger partial charge in [-0.2, -0.15) is 0 Å². The van der Waals surface area contributed by atoms with Crippen LogP contribution in [0.15, 0.2) is 0 Å². The third-order valence-corrected chi connectivity index (χ3v) is 4.56. The number of nitrogens with one attached hydrogen (secondary N) is 3. The summed E-state index contributed by atoms with van der Waals surface area (Å²) in [4.78, 5) is 25.8. The number of hydrogen-bond donors (Lipinski definition) is 3. The molecular weight excluding hydrogens is 404 g/mol. The standard InChI is InChI=1S/C18H36N5O2.Rb/c1-14(2)5-3-10-22-18(25)16(20)6-4-9-21-17(24)13-23-11-7-15(19)8-12-23;/h14-16,19H,3-13,20H2,1-2H3,(H,21,24)(H,22,25);/q-1;+1/t16-;/m1./s1. The summed E-state index contributed by atoms with van der Waals surface area (Å²) in [7, 11) is 0. The Labute approximate surface area is 207 Å². The van der Waals surface area contributed by atoms with E-state index in [1.165, 1.54) is 0 Å². The summed E-state index contributed by atoms with van der Waals surface area (Å²) in [6.45, 7) is 7.60. The fourth-order valence-electron chi connectivity index (χ4n) is 2.88. The second-order valence-electron chi connectivity index (χ2n) is 7.48. The summed E-state index contributed by atoms with van der Waals surface area (Å²) < 4.78 is 0. The van der Waals surface area contributed by atoms with Gasteiger partial charge in [-0.15, -0.1) is 6.04 Å². The van der Waals surface area contributed by atoms with E-state index < -0.39 is 6.04 Å². The molecule has 146 valence electrons. The topological polar surface area (TPSA) is 111 Å². The van der Waals surface area contributed by atoms with Gasteiger partial charge in [0.15, 0.2) is 0 Å². The fraction of sp³-hybridized carbons (Fsp3) is 0.889. The Morgan fingerprint density at radius 2 is 1.69 bits per heavy atom. The molecule has 0 aromatic carbocycles. The molecule has 8 heteroatoms. The van der Waals surface area contributed by atoms with Crippen LogP contribution in [0.5, 0.6) is 0 Å². The molecule has 1 aliphatic rings. The molecule has 1 saturated heterocycles. The maximum absolute atomic E-state index is 11.9. The average molecular weight is 440 g/mol. The van der Waals surface area contributed by atoms with Crippen LogP contribution in [-0.2, 0) is 9.59 Å². The van der Waals surface area contributed by atoms with E-state index in [1.807, 2.05) is 0 Å². The minimum absolute atomic E-state index is 0. The summed E-state index contributed by atoms with van der Waals surface area (Å²) >= 11 is 0. The summed E-state index contributed by atoms with van der Waals surface area (Å²) in [5.74, 6) is 0.552. The van der Waals surface area contributed by atoms with Gasteiger partial charge in [0.25, 0.3) is 0 Å². The third kappa shape index (κ3) is 12.9. The number of carbonyl (C=O) groups is 2. The first kappa shape index (κ1) is 26.6. The van der Waals surface area contributed by atoms with Crippen LogP contribution < -0.4 is 74.6 Å². The molecule has 26 heavy (non-hydrogen) atoms. The first-order valence-corrected chi connectivity index (χ1v) is 9.62. The van der Waals surface area contributed by atoms with Crippen LogP contribution in [-0.4, -0.2) is 61.5 Å². The molecule has 1 atom stereocenters. The van der Waals surface area contributed by atoms with E-state index >= 15 is 0 Å². The Morgan fingerprint density at radius 1 is 1.12 bits per heavy atom. The van der Waals surface area contributed by atoms with Crippen molar-refractivity contribution in [2.45, 2.75) is 64.5 Å². The van der Waals surface area contributed by atoms with Crippen molar-refractivity contribution in [3.63, 3.8) is 0 Å². The van der Waals surface area contributed by atoms with E-state index in [4.69, 9.17) is 11.5 Å². The SMILES string of the molecule is CC(C)CCCNC(=O)[C@H](N)CCCNC(=O)CN1CCC([NH-])CC1.[Rb+]. The molecule has 7 nitrogen and oxygen atoms in total. The van der Waals surface area contributed by atoms with E-state index in [0.717, 1.165) is 38.8 Å². The Kier molecular flexibility index (Phi) is 15.9. The summed E-state index contributed by atoms with van der Waals surface area (Å²) in [5.41, 5.74) is 13.5. The molecule has 5 N–H and O–H groups in total. The minimum Gasteiger partial charge on any atom is -0.675 e. The van der Waals surface area contributed by atoms with Gasteiger partial charge in [-0.1, -0.05) is 26.7 Å². The molecule has 0 bridgehead atoms. The fourth-order valence-corrected chi connectivity index (χ4v) is 2.88. The van der Waals surface area contributed by atoms with Crippen LogP contribution in [0.3, 0.4) is 0 Å². The number of amides is 2. The third-order valence-electron chi connectivity index (χ3n) is 4.56. The van der Waals surface area contributed by atoms with Crippen LogP contribution >= 0.6 is 0 Å². The predicted octanol–water partition coefficient (Wildman–Crippen LogP) is -1.72. The van der Waals surface area contributed by atoms with Crippen molar-refractivity contribution in [1.29, 1.82) is 0 Å². The molecule has 2 amide bonds. The summed E-state index contributed by atoms with van der Waals surface area (Å²) in [5, 5.41) is 5.76. The Bertz CT molecular complexity index is 401. The van der Waals surface area contributed by atoms with Gasteiger partial charge in [0.2, 0.25) is 11.8 Å². The van der Waals surface area contributed by atoms with Crippen molar-refractivity contribution in [3.05, 3.63) is 5.73 Å². The molecule has 1 heterocycles. The van der Waals surface area contributed by atoms with Gasteiger partial charge in [-0.3, -0.25) is 14.5 Å². The minimum atomic E-state index is -0.507. The Hall–Kier alpha value is 0.625. The molecule has 0 saturated carbocycles. The van der Waals surface area contributed by atoms with Gasteiger partial charge in [0, 0.05) is 13.1 Å². The van der Waals surface area contributed by atoms with E-state index in [-0.39, 0.29) is 76.0 Å². The average Bonchev–Trinajstić information content (AvgIpc) is 2.57. The van der Waals surface area contributed by atoms with Crippen molar-refractivity contribution in [3.8, 4) is 0 Å². The zero-order valence-corrected chi connectivity index (χ0v) is 21.8. The zero-order chi connectivity index (χ0) is 18.7. The largest absolute Gasteiger partial charge is 1.00 e. The van der Waals surface area contributed by atoms with E-state index in [2.05, 4.69) is 29.4 Å². The smallest absolute Gasteiger partial charge is 0.675 e. The maximum atomic E-state index is 11.9. The van der Waals surface area contributed by atoms with Gasteiger partial charge in [0.05, 0.1) is 12.6 Å². The van der Waals surface area contributed by atoms with Crippen molar-refractivity contribution < 1.29 is 67.8 Å². The van der Waals surface area contributed by atoms with Crippen LogP contribution in [0.4, 0.5) is 0 Å². The molecule has 1 aliphatic heterocycles. The molecule has 0 aromatic heterocycles. The van der Waals surface area contributed by atoms with Crippen LogP contribution in [0.1, 0.15) is 52.4 Å². The number of rotatable bonds is 11. The molecule has 0 unspecified atom stereocenters. The van der Waals surface area contributed by atoms with Gasteiger partial charge < -0.3 is 22.1 Å². The van der Waals surface area contributed by atoms with Crippen molar-refractivity contribution in [1.82, 2.24) is 15.5 Å². The Balaban J connectivity index is 0.00000625.